The maximum Gasteiger partial charge on any atom is 0.193 e. The van der Waals surface area contributed by atoms with Gasteiger partial charge in [-0.2, -0.15) is 5.10 Å². The van der Waals surface area contributed by atoms with Gasteiger partial charge in [0.2, 0.25) is 0 Å². The van der Waals surface area contributed by atoms with E-state index in [9.17, 15) is 4.79 Å². The Bertz CT molecular complexity index is 1370. The minimum absolute atomic E-state index is 0.0704. The third kappa shape index (κ3) is 3.86. The number of thiazole rings is 1. The largest absolute Gasteiger partial charge is 0.493 e. The van der Waals surface area contributed by atoms with Crippen LogP contribution in [0.15, 0.2) is 47.1 Å². The van der Waals surface area contributed by atoms with Crippen LogP contribution in [0, 0.1) is 11.8 Å². The van der Waals surface area contributed by atoms with Crippen molar-refractivity contribution in [2.24, 2.45) is 11.8 Å². The average Bonchev–Trinajstić information content (AvgIpc) is 3.26. The summed E-state index contributed by atoms with van der Waals surface area (Å²) in [6.45, 7) is 5.18. The maximum atomic E-state index is 13.1. The molecule has 4 heterocycles. The van der Waals surface area contributed by atoms with E-state index in [1.807, 2.05) is 17.8 Å². The zero-order valence-corrected chi connectivity index (χ0v) is 20.1. The molecule has 1 fully saturated rings. The fraction of sp³-hybridized carbons (Fsp3) is 0.385. The lowest BCUT2D eigenvalue weighted by atomic mass is 9.86. The number of fused-ring (bicyclic) bond motifs is 3. The number of aromatic nitrogens is 5. The van der Waals surface area contributed by atoms with Crippen molar-refractivity contribution in [1.29, 1.82) is 0 Å². The van der Waals surface area contributed by atoms with Crippen LogP contribution >= 0.6 is 11.3 Å². The molecule has 1 aromatic carbocycles. The highest BCUT2D eigenvalue weighted by Gasteiger charge is 2.29. The van der Waals surface area contributed by atoms with Gasteiger partial charge in [0.05, 0.1) is 23.4 Å². The lowest BCUT2D eigenvalue weighted by Gasteiger charge is -2.34. The summed E-state index contributed by atoms with van der Waals surface area (Å²) in [6.07, 6.45) is 9.81. The van der Waals surface area contributed by atoms with Crippen molar-refractivity contribution < 1.29 is 4.74 Å². The van der Waals surface area contributed by atoms with Gasteiger partial charge in [-0.3, -0.25) is 9.89 Å². The molecule has 6 rings (SSSR count). The third-order valence-electron chi connectivity index (χ3n) is 6.93. The van der Waals surface area contributed by atoms with Crippen molar-refractivity contribution >= 4 is 11.3 Å². The first-order valence-corrected chi connectivity index (χ1v) is 12.8. The van der Waals surface area contributed by atoms with Gasteiger partial charge >= 0.3 is 0 Å². The van der Waals surface area contributed by atoms with Crippen molar-refractivity contribution in [1.82, 2.24) is 24.7 Å². The second kappa shape index (κ2) is 8.51. The smallest absolute Gasteiger partial charge is 0.193 e. The Balaban J connectivity index is 1.49. The minimum Gasteiger partial charge on any atom is -0.493 e. The number of benzene rings is 1. The number of pyridine rings is 1. The summed E-state index contributed by atoms with van der Waals surface area (Å²) in [5, 5.41) is 9.68. The fourth-order valence-electron chi connectivity index (χ4n) is 4.85. The van der Waals surface area contributed by atoms with E-state index in [1.54, 1.807) is 17.4 Å². The number of H-pyrrole nitrogens is 1. The second-order valence-corrected chi connectivity index (χ2v) is 10.5. The SMILES string of the molecule is CC(C)C1Cc2cc(OCCC3CC3)c(-c3nccs3)cc2-c2cc(=O)c(-c3ncn[nH]3)cn21. The van der Waals surface area contributed by atoms with E-state index in [0.717, 1.165) is 52.9 Å². The zero-order chi connectivity index (χ0) is 23.2. The molecule has 0 bridgehead atoms. The molecule has 3 aromatic heterocycles. The summed E-state index contributed by atoms with van der Waals surface area (Å²) < 4.78 is 8.57. The minimum atomic E-state index is -0.0704. The van der Waals surface area contributed by atoms with Crippen molar-refractivity contribution in [3.8, 4) is 39.0 Å². The van der Waals surface area contributed by atoms with Gasteiger partial charge in [0.1, 0.15) is 17.1 Å². The maximum absolute atomic E-state index is 13.1. The van der Waals surface area contributed by atoms with Crippen LogP contribution < -0.4 is 10.2 Å². The standard InChI is InChI=1S/C26H27N5O2S/c1-15(2)21-9-17-10-24(33-7-5-16-3-4-16)19(26-27-6-8-34-26)11-18(17)22-12-23(32)20(13-31(21)22)25-28-14-29-30-25/h6,8,10-16,21H,3-5,7,9H2,1-2H3,(H,28,29,30). The summed E-state index contributed by atoms with van der Waals surface area (Å²) in [6, 6.07) is 6.31. The third-order valence-corrected chi connectivity index (χ3v) is 7.74. The summed E-state index contributed by atoms with van der Waals surface area (Å²) in [7, 11) is 0. The van der Waals surface area contributed by atoms with Crippen molar-refractivity contribution in [2.75, 3.05) is 6.61 Å². The summed E-state index contributed by atoms with van der Waals surface area (Å²) >= 11 is 1.60. The predicted octanol–water partition coefficient (Wildman–Crippen LogP) is 5.36. The molecule has 1 N–H and O–H groups in total. The molecule has 7 nitrogen and oxygen atoms in total. The molecular formula is C26H27N5O2S. The van der Waals surface area contributed by atoms with Crippen LogP contribution in [0.5, 0.6) is 5.75 Å². The van der Waals surface area contributed by atoms with Crippen molar-refractivity contribution in [3.05, 3.63) is 58.1 Å². The molecule has 0 saturated heterocycles. The number of aromatic amines is 1. The molecule has 0 radical (unpaired) electrons. The van der Waals surface area contributed by atoms with Gasteiger partial charge in [0, 0.05) is 35.4 Å². The molecule has 34 heavy (non-hydrogen) atoms. The lowest BCUT2D eigenvalue weighted by Crippen LogP contribution is -2.26. The highest BCUT2D eigenvalue weighted by Crippen LogP contribution is 2.44. The molecule has 1 aliphatic carbocycles. The van der Waals surface area contributed by atoms with Gasteiger partial charge in [-0.15, -0.1) is 11.3 Å². The second-order valence-electron chi connectivity index (χ2n) is 9.62. The Morgan fingerprint density at radius 1 is 1.18 bits per heavy atom. The molecule has 2 aliphatic rings. The van der Waals surface area contributed by atoms with Gasteiger partial charge in [0.25, 0.3) is 0 Å². The predicted molar refractivity (Wildman–Crippen MR) is 133 cm³/mol. The van der Waals surface area contributed by atoms with Crippen LogP contribution in [0.4, 0.5) is 0 Å². The van der Waals surface area contributed by atoms with E-state index in [4.69, 9.17) is 4.74 Å². The summed E-state index contributed by atoms with van der Waals surface area (Å²) in [4.78, 5) is 21.9. The lowest BCUT2D eigenvalue weighted by molar-refractivity contribution is 0.302. The molecular weight excluding hydrogens is 446 g/mol. The topological polar surface area (TPSA) is 85.7 Å². The van der Waals surface area contributed by atoms with E-state index in [2.05, 4.69) is 50.7 Å². The van der Waals surface area contributed by atoms with Crippen molar-refractivity contribution in [3.63, 3.8) is 0 Å². The Hall–Kier alpha value is -3.26. The Morgan fingerprint density at radius 2 is 2.06 bits per heavy atom. The van der Waals surface area contributed by atoms with E-state index >= 15 is 0 Å². The molecule has 0 amide bonds. The van der Waals surface area contributed by atoms with Gasteiger partial charge in [-0.25, -0.2) is 9.97 Å². The summed E-state index contributed by atoms with van der Waals surface area (Å²) in [5.74, 6) is 2.60. The van der Waals surface area contributed by atoms with Crippen LogP contribution in [0.25, 0.3) is 33.2 Å². The number of ether oxygens (including phenoxy) is 1. The Kier molecular flexibility index (Phi) is 5.32. The van der Waals surface area contributed by atoms with E-state index < -0.39 is 0 Å². The van der Waals surface area contributed by atoms with Crippen LogP contribution in [-0.4, -0.2) is 31.3 Å². The Morgan fingerprint density at radius 3 is 2.76 bits per heavy atom. The molecule has 1 atom stereocenters. The number of rotatable bonds is 7. The molecule has 4 aromatic rings. The summed E-state index contributed by atoms with van der Waals surface area (Å²) in [5.41, 5.74) is 4.67. The normalized spacial score (nSPS) is 17.0. The number of nitrogens with zero attached hydrogens (tertiary/aromatic N) is 4. The highest BCUT2D eigenvalue weighted by atomic mass is 32.1. The van der Waals surface area contributed by atoms with Crippen molar-refractivity contribution in [2.45, 2.75) is 45.6 Å². The Labute approximate surface area is 201 Å². The number of hydrogen-bond donors (Lipinski definition) is 1. The van der Waals surface area contributed by atoms with Crippen LogP contribution in [0.3, 0.4) is 0 Å². The first-order chi connectivity index (χ1) is 16.6. The first-order valence-electron chi connectivity index (χ1n) is 11.9. The van der Waals surface area contributed by atoms with Gasteiger partial charge in [-0.1, -0.05) is 26.7 Å². The molecule has 0 spiro atoms. The van der Waals surface area contributed by atoms with E-state index in [0.29, 0.717) is 17.3 Å². The van der Waals surface area contributed by atoms with Crippen LogP contribution in [0.1, 0.15) is 44.7 Å². The first kappa shape index (κ1) is 21.3. The van der Waals surface area contributed by atoms with Crippen LogP contribution in [-0.2, 0) is 6.42 Å². The highest BCUT2D eigenvalue weighted by molar-refractivity contribution is 7.13. The van der Waals surface area contributed by atoms with E-state index in [-0.39, 0.29) is 11.5 Å². The van der Waals surface area contributed by atoms with Gasteiger partial charge in [-0.05, 0) is 42.4 Å². The van der Waals surface area contributed by atoms with E-state index in [1.165, 1.54) is 24.7 Å². The van der Waals surface area contributed by atoms with Crippen LogP contribution in [0.2, 0.25) is 0 Å². The molecule has 8 heteroatoms. The monoisotopic (exact) mass is 473 g/mol. The number of nitrogens with one attached hydrogen (secondary N) is 1. The quantitative estimate of drug-likeness (QED) is 0.391. The fourth-order valence-corrected chi connectivity index (χ4v) is 5.51. The van der Waals surface area contributed by atoms with Gasteiger partial charge in [0.15, 0.2) is 11.3 Å². The molecule has 1 unspecified atom stereocenters. The molecule has 174 valence electrons. The molecule has 1 saturated carbocycles. The molecule has 1 aliphatic heterocycles. The zero-order valence-electron chi connectivity index (χ0n) is 19.3. The number of hydrogen-bond acceptors (Lipinski definition) is 6. The van der Waals surface area contributed by atoms with Gasteiger partial charge < -0.3 is 9.30 Å². The average molecular weight is 474 g/mol.